The van der Waals surface area contributed by atoms with Gasteiger partial charge in [0.05, 0.1) is 11.1 Å². The maximum atomic E-state index is 14.0. The van der Waals surface area contributed by atoms with Crippen molar-refractivity contribution >= 4 is 23.5 Å². The number of hydrogen-bond acceptors (Lipinski definition) is 2. The number of aromatic carboxylic acids is 1. The number of nitrogens with zero attached hydrogens (tertiary/aromatic N) is 1. The minimum absolute atomic E-state index is 0.00402. The molecule has 1 unspecified atom stereocenters. The SMILES string of the molecule is O=C(O)c1cccc(C2CCCN(C(=O)c3ccc(Cl)cc3F)C2)c1. The van der Waals surface area contributed by atoms with Crippen LogP contribution in [0.5, 0.6) is 0 Å². The lowest BCUT2D eigenvalue weighted by molar-refractivity contribution is 0.0686. The summed E-state index contributed by atoms with van der Waals surface area (Å²) < 4.78 is 14.0. The second-order valence-electron chi connectivity index (χ2n) is 6.15. The Morgan fingerprint density at radius 1 is 1.20 bits per heavy atom. The normalized spacial score (nSPS) is 17.4. The molecule has 130 valence electrons. The van der Waals surface area contributed by atoms with Crippen LogP contribution in [0, 0.1) is 5.82 Å². The van der Waals surface area contributed by atoms with Gasteiger partial charge in [-0.05, 0) is 48.7 Å². The molecule has 1 fully saturated rings. The summed E-state index contributed by atoms with van der Waals surface area (Å²) in [5.41, 5.74) is 1.11. The Bertz CT molecular complexity index is 824. The Labute approximate surface area is 149 Å². The van der Waals surface area contributed by atoms with Gasteiger partial charge in [0.1, 0.15) is 5.82 Å². The molecule has 1 amide bonds. The van der Waals surface area contributed by atoms with Crippen LogP contribution in [0.15, 0.2) is 42.5 Å². The second kappa shape index (κ2) is 7.23. The molecule has 3 rings (SSSR count). The number of rotatable bonds is 3. The second-order valence-corrected chi connectivity index (χ2v) is 6.58. The van der Waals surface area contributed by atoms with Gasteiger partial charge < -0.3 is 10.0 Å². The molecule has 4 nitrogen and oxygen atoms in total. The quantitative estimate of drug-likeness (QED) is 0.891. The van der Waals surface area contributed by atoms with Gasteiger partial charge in [0, 0.05) is 24.0 Å². The van der Waals surface area contributed by atoms with E-state index in [2.05, 4.69) is 0 Å². The van der Waals surface area contributed by atoms with Crippen molar-refractivity contribution in [3.8, 4) is 0 Å². The van der Waals surface area contributed by atoms with Gasteiger partial charge in [-0.15, -0.1) is 0 Å². The molecule has 0 bridgehead atoms. The summed E-state index contributed by atoms with van der Waals surface area (Å²) in [4.78, 5) is 25.4. The average molecular weight is 362 g/mol. The van der Waals surface area contributed by atoms with Crippen molar-refractivity contribution in [1.29, 1.82) is 0 Å². The van der Waals surface area contributed by atoms with E-state index in [4.69, 9.17) is 16.7 Å². The predicted octanol–water partition coefficient (Wildman–Crippen LogP) is 4.20. The van der Waals surface area contributed by atoms with E-state index in [1.165, 1.54) is 12.1 Å². The highest BCUT2D eigenvalue weighted by molar-refractivity contribution is 6.30. The molecule has 1 aliphatic rings. The summed E-state index contributed by atoms with van der Waals surface area (Å²) >= 11 is 5.74. The molecule has 1 heterocycles. The number of halogens is 2. The van der Waals surface area contributed by atoms with Crippen LogP contribution in [-0.4, -0.2) is 35.0 Å². The fourth-order valence-electron chi connectivity index (χ4n) is 3.19. The van der Waals surface area contributed by atoms with E-state index < -0.39 is 11.8 Å². The molecule has 2 aromatic rings. The summed E-state index contributed by atoms with van der Waals surface area (Å²) in [7, 11) is 0. The van der Waals surface area contributed by atoms with Crippen molar-refractivity contribution in [2.45, 2.75) is 18.8 Å². The van der Waals surface area contributed by atoms with E-state index in [1.54, 1.807) is 23.1 Å². The van der Waals surface area contributed by atoms with E-state index in [0.717, 1.165) is 24.5 Å². The Kier molecular flexibility index (Phi) is 5.04. The van der Waals surface area contributed by atoms with Crippen LogP contribution in [-0.2, 0) is 0 Å². The third-order valence-corrected chi connectivity index (χ3v) is 4.71. The van der Waals surface area contributed by atoms with Crippen molar-refractivity contribution in [1.82, 2.24) is 4.90 Å². The van der Waals surface area contributed by atoms with Crippen LogP contribution in [0.3, 0.4) is 0 Å². The van der Waals surface area contributed by atoms with Gasteiger partial charge in [0.15, 0.2) is 0 Å². The molecule has 0 saturated carbocycles. The number of likely N-dealkylation sites (tertiary alicyclic amines) is 1. The maximum absolute atomic E-state index is 14.0. The lowest BCUT2D eigenvalue weighted by atomic mass is 9.89. The third-order valence-electron chi connectivity index (χ3n) is 4.48. The van der Waals surface area contributed by atoms with Crippen molar-refractivity contribution in [2.24, 2.45) is 0 Å². The lowest BCUT2D eigenvalue weighted by Gasteiger charge is -2.33. The number of benzene rings is 2. The summed E-state index contributed by atoms with van der Waals surface area (Å²) in [6, 6.07) is 10.8. The topological polar surface area (TPSA) is 57.6 Å². The zero-order chi connectivity index (χ0) is 18.0. The molecule has 1 atom stereocenters. The molecule has 0 spiro atoms. The van der Waals surface area contributed by atoms with Crippen molar-refractivity contribution in [3.05, 3.63) is 70.0 Å². The van der Waals surface area contributed by atoms with E-state index in [0.29, 0.717) is 13.1 Å². The molecule has 1 saturated heterocycles. The smallest absolute Gasteiger partial charge is 0.335 e. The van der Waals surface area contributed by atoms with Crippen molar-refractivity contribution < 1.29 is 19.1 Å². The van der Waals surface area contributed by atoms with Crippen molar-refractivity contribution in [3.63, 3.8) is 0 Å². The average Bonchev–Trinajstić information content (AvgIpc) is 2.61. The van der Waals surface area contributed by atoms with Crippen LogP contribution >= 0.6 is 11.6 Å². The van der Waals surface area contributed by atoms with Gasteiger partial charge >= 0.3 is 5.97 Å². The number of piperidine rings is 1. The minimum Gasteiger partial charge on any atom is -0.478 e. The van der Waals surface area contributed by atoms with Crippen LogP contribution in [0.4, 0.5) is 4.39 Å². The van der Waals surface area contributed by atoms with Crippen LogP contribution < -0.4 is 0 Å². The van der Waals surface area contributed by atoms with Crippen LogP contribution in [0.2, 0.25) is 5.02 Å². The molecule has 1 N–H and O–H groups in total. The molecule has 25 heavy (non-hydrogen) atoms. The molecule has 2 aromatic carbocycles. The van der Waals surface area contributed by atoms with Crippen molar-refractivity contribution in [2.75, 3.05) is 13.1 Å². The summed E-state index contributed by atoms with van der Waals surface area (Å²) in [5, 5.41) is 9.38. The summed E-state index contributed by atoms with van der Waals surface area (Å²) in [6.07, 6.45) is 1.64. The monoisotopic (exact) mass is 361 g/mol. The standard InChI is InChI=1S/C19H17ClFNO3/c20-15-6-7-16(17(21)10-15)18(23)22-8-2-5-14(11-22)12-3-1-4-13(9-12)19(24)25/h1,3-4,6-7,9-10,14H,2,5,8,11H2,(H,24,25). The Morgan fingerprint density at radius 2 is 2.00 bits per heavy atom. The number of carbonyl (C=O) groups is 2. The molecule has 0 aliphatic carbocycles. The Morgan fingerprint density at radius 3 is 2.72 bits per heavy atom. The number of amides is 1. The fraction of sp³-hybridized carbons (Fsp3) is 0.263. The first-order valence-corrected chi connectivity index (χ1v) is 8.41. The summed E-state index contributed by atoms with van der Waals surface area (Å²) in [6.45, 7) is 0.986. The minimum atomic E-state index is -0.978. The van der Waals surface area contributed by atoms with E-state index in [9.17, 15) is 14.0 Å². The third kappa shape index (κ3) is 3.82. The Balaban J connectivity index is 1.80. The van der Waals surface area contributed by atoms with E-state index in [1.807, 2.05) is 6.07 Å². The molecular formula is C19H17ClFNO3. The van der Waals surface area contributed by atoms with E-state index >= 15 is 0 Å². The zero-order valence-corrected chi connectivity index (χ0v) is 14.2. The number of carboxylic acids is 1. The molecule has 0 aromatic heterocycles. The van der Waals surface area contributed by atoms with Crippen LogP contribution in [0.25, 0.3) is 0 Å². The molecule has 0 radical (unpaired) electrons. The van der Waals surface area contributed by atoms with Gasteiger partial charge in [0.2, 0.25) is 0 Å². The fourth-order valence-corrected chi connectivity index (χ4v) is 3.35. The van der Waals surface area contributed by atoms with Gasteiger partial charge in [-0.25, -0.2) is 9.18 Å². The highest BCUT2D eigenvalue weighted by Gasteiger charge is 2.27. The Hall–Kier alpha value is -2.40. The first-order valence-electron chi connectivity index (χ1n) is 8.03. The van der Waals surface area contributed by atoms with Gasteiger partial charge in [-0.3, -0.25) is 4.79 Å². The first kappa shape index (κ1) is 17.4. The lowest BCUT2D eigenvalue weighted by Crippen LogP contribution is -2.39. The van der Waals surface area contributed by atoms with Crippen LogP contribution in [0.1, 0.15) is 45.0 Å². The molecule has 6 heteroatoms. The zero-order valence-electron chi connectivity index (χ0n) is 13.4. The number of carboxylic acid groups (broad SMARTS) is 1. The molecule has 1 aliphatic heterocycles. The summed E-state index contributed by atoms with van der Waals surface area (Å²) in [5.74, 6) is -1.94. The predicted molar refractivity (Wildman–Crippen MR) is 92.7 cm³/mol. The number of carbonyl (C=O) groups excluding carboxylic acids is 1. The highest BCUT2D eigenvalue weighted by atomic mass is 35.5. The van der Waals surface area contributed by atoms with Gasteiger partial charge in [-0.2, -0.15) is 0 Å². The highest BCUT2D eigenvalue weighted by Crippen LogP contribution is 2.29. The first-order chi connectivity index (χ1) is 12.0. The van der Waals surface area contributed by atoms with Gasteiger partial charge in [0.25, 0.3) is 5.91 Å². The number of hydrogen-bond donors (Lipinski definition) is 1. The van der Waals surface area contributed by atoms with Gasteiger partial charge in [-0.1, -0.05) is 23.7 Å². The largest absolute Gasteiger partial charge is 0.478 e. The van der Waals surface area contributed by atoms with E-state index in [-0.39, 0.29) is 28.0 Å². The maximum Gasteiger partial charge on any atom is 0.335 e. The molecular weight excluding hydrogens is 345 g/mol.